The lowest BCUT2D eigenvalue weighted by Crippen LogP contribution is -2.35. The van der Waals surface area contributed by atoms with Crippen molar-refractivity contribution in [2.24, 2.45) is 14.1 Å². The van der Waals surface area contributed by atoms with Crippen LogP contribution >= 0.6 is 45.2 Å². The van der Waals surface area contributed by atoms with E-state index in [1.807, 2.05) is 45.2 Å². The summed E-state index contributed by atoms with van der Waals surface area (Å²) < 4.78 is 47.9. The number of anilines is 4. The molecule has 4 heterocycles. The molecule has 0 aliphatic rings. The maximum atomic E-state index is 14.8. The van der Waals surface area contributed by atoms with Gasteiger partial charge in [-0.1, -0.05) is 14.9 Å². The van der Waals surface area contributed by atoms with Gasteiger partial charge >= 0.3 is 0 Å². The predicted octanol–water partition coefficient (Wildman–Crippen LogP) is 2.14. The number of hydrogen-bond acceptors (Lipinski definition) is 14. The largest absolute Gasteiger partial charge is 0.406 e. The van der Waals surface area contributed by atoms with E-state index in [1.165, 1.54) is 42.9 Å². The van der Waals surface area contributed by atoms with Crippen LogP contribution in [0.2, 0.25) is 0 Å². The first-order valence-corrected chi connectivity index (χ1v) is 18.4. The van der Waals surface area contributed by atoms with Gasteiger partial charge in [-0.25, -0.2) is 18.7 Å². The summed E-state index contributed by atoms with van der Waals surface area (Å²) >= 11 is 3.86. The van der Waals surface area contributed by atoms with Crippen LogP contribution in [0.1, 0.15) is 14.9 Å². The van der Waals surface area contributed by atoms with Gasteiger partial charge in [0.15, 0.2) is 11.3 Å². The van der Waals surface area contributed by atoms with E-state index in [2.05, 4.69) is 20.6 Å². The van der Waals surface area contributed by atoms with Crippen molar-refractivity contribution in [3.63, 3.8) is 0 Å². The molecule has 0 saturated heterocycles. The average molecular weight is 1050 g/mol. The normalized spacial score (nSPS) is 11.8. The minimum atomic E-state index is -1.30. The third-order valence-electron chi connectivity index (χ3n) is 7.93. The molecule has 2 aromatic carbocycles. The number of pyridine rings is 2. The number of aryl methyl sites for hydroxylation is 2. The van der Waals surface area contributed by atoms with Crippen LogP contribution in [0, 0.1) is 24.6 Å². The van der Waals surface area contributed by atoms with Crippen molar-refractivity contribution >= 4 is 90.0 Å². The maximum absolute atomic E-state index is 14.8. The number of benzene rings is 2. The second kappa shape index (κ2) is 20.7. The van der Waals surface area contributed by atoms with Crippen LogP contribution in [0.15, 0.2) is 74.3 Å². The van der Waals surface area contributed by atoms with Gasteiger partial charge in [0.25, 0.3) is 22.2 Å². The second-order valence-corrected chi connectivity index (χ2v) is 14.4. The second-order valence-electron chi connectivity index (χ2n) is 11.9. The highest BCUT2D eigenvalue weighted by atomic mass is 127. The number of fused-ring (bicyclic) bond motifs is 2. The summed E-state index contributed by atoms with van der Waals surface area (Å²) in [6.45, 7) is -1.92. The number of aromatic nitrogens is 6. The van der Waals surface area contributed by atoms with E-state index >= 15 is 0 Å². The Labute approximate surface area is 359 Å². The molecule has 18 nitrogen and oxygen atoms in total. The summed E-state index contributed by atoms with van der Waals surface area (Å²) in [5.74, 6) is -2.56. The summed E-state index contributed by atoms with van der Waals surface area (Å²) in [6.07, 6.45) is -0.431. The summed E-state index contributed by atoms with van der Waals surface area (Å²) in [4.78, 5) is 68.3. The molecule has 0 bridgehead atoms. The van der Waals surface area contributed by atoms with Crippen LogP contribution in [0.3, 0.4) is 0 Å². The van der Waals surface area contributed by atoms with Gasteiger partial charge in [0.2, 0.25) is 5.82 Å². The van der Waals surface area contributed by atoms with Gasteiger partial charge in [0.1, 0.15) is 60.5 Å². The highest BCUT2D eigenvalue weighted by molar-refractivity contribution is 14.1. The molecule has 6 aromatic rings. The van der Waals surface area contributed by atoms with Crippen LogP contribution in [0.5, 0.6) is 0 Å². The SMILES string of the molecule is C.C.Cn1c(=O)c(F)c(Nc2ccc(I)cc2F)c2c(=O)n(OC[C@H](O)CO)cnc21.Cn1c(=O)cc(Nc2ccc(I)cc2F)c2c(=O)n(OC[C@H](O)CO)cnc21. The molecule has 59 heavy (non-hydrogen) atoms. The average Bonchev–Trinajstić information content (AvgIpc) is 3.18. The Balaban J connectivity index is 0.000000305. The number of hydrogen-bond donors (Lipinski definition) is 6. The van der Waals surface area contributed by atoms with Crippen LogP contribution in [0.4, 0.5) is 35.9 Å². The Morgan fingerprint density at radius 1 is 0.678 bits per heavy atom. The van der Waals surface area contributed by atoms with Crippen LogP contribution in [-0.4, -0.2) is 87.6 Å². The van der Waals surface area contributed by atoms with Crippen LogP contribution < -0.4 is 42.5 Å². The Morgan fingerprint density at radius 3 is 1.61 bits per heavy atom. The number of halogens is 5. The number of nitrogens with zero attached hydrogens (tertiary/aromatic N) is 6. The van der Waals surface area contributed by atoms with E-state index in [0.29, 0.717) is 11.9 Å². The first-order chi connectivity index (χ1) is 27.1. The van der Waals surface area contributed by atoms with E-state index in [4.69, 9.17) is 19.9 Å². The number of aliphatic hydroxyl groups excluding tert-OH is 4. The fourth-order valence-electron chi connectivity index (χ4n) is 4.98. The smallest absolute Gasteiger partial charge is 0.297 e. The molecule has 318 valence electrons. The number of nitrogens with one attached hydrogen (secondary N) is 2. The van der Waals surface area contributed by atoms with E-state index < -0.39 is 77.4 Å². The molecule has 23 heteroatoms. The van der Waals surface area contributed by atoms with Crippen molar-refractivity contribution in [2.45, 2.75) is 27.1 Å². The molecule has 4 aromatic heterocycles. The molecular formula is C36H39F3I2N8O10. The Hall–Kier alpha value is -5.09. The molecule has 0 aliphatic carbocycles. The lowest BCUT2D eigenvalue weighted by Gasteiger charge is -2.15. The lowest BCUT2D eigenvalue weighted by molar-refractivity contribution is -0.00415. The van der Waals surface area contributed by atoms with Gasteiger partial charge < -0.3 is 40.7 Å². The molecule has 2 atom stereocenters. The Kier molecular flexibility index (Phi) is 17.0. The summed E-state index contributed by atoms with van der Waals surface area (Å²) in [5, 5.41) is 41.3. The van der Waals surface area contributed by atoms with Crippen molar-refractivity contribution in [3.05, 3.63) is 121 Å². The highest BCUT2D eigenvalue weighted by Gasteiger charge is 2.22. The minimum absolute atomic E-state index is 0. The molecule has 0 aliphatic heterocycles. The van der Waals surface area contributed by atoms with Crippen molar-refractivity contribution in [1.82, 2.24) is 28.6 Å². The topological polar surface area (TPSA) is 237 Å². The van der Waals surface area contributed by atoms with Crippen molar-refractivity contribution in [2.75, 3.05) is 37.1 Å². The van der Waals surface area contributed by atoms with E-state index in [9.17, 15) is 42.6 Å². The standard InChI is InChI=1S/C17H15F2IN4O5.C17H16FIN4O5.2CH4/c1-23-15-12(16(27)24(7-21-15)29-6-9(26)5-25)14(13(19)17(23)28)22-11-3-2-8(20)4-10(11)18;1-22-14(26)5-13(21-12-3-2-9(19)4-11(12)18)15-16(22)20-8-23(17(15)27)28-7-10(25)6-24;;/h2-4,7,9,22,25-26H,5-6H2,1H3;2-5,8,10,21,24-25H,6-7H2,1H3;2*1H4/t9-;10-;;/m11../s1. The molecule has 0 unspecified atom stereocenters. The maximum Gasteiger partial charge on any atom is 0.297 e. The Bertz CT molecular complexity index is 2710. The summed E-state index contributed by atoms with van der Waals surface area (Å²) in [6, 6.07) is 9.72. The molecule has 0 amide bonds. The fraction of sp³-hybridized carbons (Fsp3) is 0.278. The molecule has 0 radical (unpaired) electrons. The van der Waals surface area contributed by atoms with Gasteiger partial charge in [-0.2, -0.15) is 4.39 Å². The van der Waals surface area contributed by atoms with Crippen LogP contribution in [-0.2, 0) is 14.1 Å². The van der Waals surface area contributed by atoms with Gasteiger partial charge in [0, 0.05) is 27.3 Å². The molecule has 0 saturated carbocycles. The zero-order valence-corrected chi connectivity index (χ0v) is 33.8. The lowest BCUT2D eigenvalue weighted by atomic mass is 10.2. The van der Waals surface area contributed by atoms with Gasteiger partial charge in [0.05, 0.1) is 36.0 Å². The zero-order valence-electron chi connectivity index (χ0n) is 29.5. The zero-order chi connectivity index (χ0) is 41.7. The quantitative estimate of drug-likeness (QED) is 0.0965. The first-order valence-electron chi connectivity index (χ1n) is 16.3. The third-order valence-corrected chi connectivity index (χ3v) is 9.28. The fourth-order valence-corrected chi connectivity index (χ4v) is 5.89. The summed E-state index contributed by atoms with van der Waals surface area (Å²) in [7, 11) is 2.68. The van der Waals surface area contributed by atoms with Crippen molar-refractivity contribution in [1.29, 1.82) is 0 Å². The molecule has 0 fully saturated rings. The third kappa shape index (κ3) is 10.8. The van der Waals surface area contributed by atoms with Gasteiger partial charge in [-0.05, 0) is 81.6 Å². The van der Waals surface area contributed by atoms with E-state index in [1.54, 1.807) is 12.1 Å². The Morgan fingerprint density at radius 2 is 1.14 bits per heavy atom. The molecule has 0 spiro atoms. The monoisotopic (exact) mass is 1050 g/mol. The number of rotatable bonds is 12. The molecule has 6 rings (SSSR count). The summed E-state index contributed by atoms with van der Waals surface area (Å²) in [5.41, 5.74) is -3.70. The number of aliphatic hydroxyl groups is 4. The van der Waals surface area contributed by atoms with Crippen molar-refractivity contribution < 1.29 is 43.3 Å². The highest BCUT2D eigenvalue weighted by Crippen LogP contribution is 2.27. The van der Waals surface area contributed by atoms with Crippen molar-refractivity contribution in [3.8, 4) is 0 Å². The van der Waals surface area contributed by atoms with Gasteiger partial charge in [-0.15, -0.1) is 9.46 Å². The molecule has 6 N–H and O–H groups in total. The molecular weight excluding hydrogens is 1020 g/mol. The predicted molar refractivity (Wildman–Crippen MR) is 230 cm³/mol. The van der Waals surface area contributed by atoms with E-state index in [-0.39, 0.29) is 60.6 Å². The van der Waals surface area contributed by atoms with Crippen LogP contribution in [0.25, 0.3) is 22.1 Å². The van der Waals surface area contributed by atoms with E-state index in [0.717, 1.165) is 28.0 Å². The first kappa shape index (κ1) is 48.3. The van der Waals surface area contributed by atoms with Gasteiger partial charge in [-0.3, -0.25) is 28.3 Å². The minimum Gasteiger partial charge on any atom is -0.406 e.